The Kier molecular flexibility index (Phi) is 4.63. The Morgan fingerprint density at radius 1 is 1.32 bits per heavy atom. The highest BCUT2D eigenvalue weighted by Gasteiger charge is 2.32. The molecule has 2 aliphatic heterocycles. The van der Waals surface area contributed by atoms with Gasteiger partial charge in [-0.15, -0.1) is 0 Å². The first-order chi connectivity index (χ1) is 10.7. The Balaban J connectivity index is 1.67. The second-order valence-corrected chi connectivity index (χ2v) is 6.45. The van der Waals surface area contributed by atoms with Gasteiger partial charge in [-0.05, 0) is 44.2 Å². The van der Waals surface area contributed by atoms with Crippen LogP contribution >= 0.6 is 0 Å². The summed E-state index contributed by atoms with van der Waals surface area (Å²) in [5, 5.41) is 11.7. The van der Waals surface area contributed by atoms with Crippen LogP contribution in [0.4, 0.5) is 0 Å². The lowest BCUT2D eigenvalue weighted by Crippen LogP contribution is -2.47. The van der Waals surface area contributed by atoms with Crippen LogP contribution in [0, 0.1) is 11.8 Å². The fourth-order valence-corrected chi connectivity index (χ4v) is 3.62. The maximum atomic E-state index is 12.4. The number of rotatable bonds is 4. The number of hydrogen-bond acceptors (Lipinski definition) is 5. The lowest BCUT2D eigenvalue weighted by Gasteiger charge is -2.38. The molecule has 0 aliphatic carbocycles. The number of carbonyl (C=O) groups is 1. The third-order valence-corrected chi connectivity index (χ3v) is 4.62. The van der Waals surface area contributed by atoms with Crippen molar-refractivity contribution in [1.29, 1.82) is 0 Å². The molecule has 2 fully saturated rings. The molecule has 2 saturated heterocycles. The minimum atomic E-state index is -0.410. The van der Waals surface area contributed by atoms with Gasteiger partial charge in [0.1, 0.15) is 0 Å². The molecule has 1 aromatic heterocycles. The van der Waals surface area contributed by atoms with Gasteiger partial charge in [-0.3, -0.25) is 9.59 Å². The van der Waals surface area contributed by atoms with Crippen molar-refractivity contribution in [2.24, 2.45) is 11.8 Å². The number of piperidine rings is 1. The van der Waals surface area contributed by atoms with Crippen LogP contribution < -0.4 is 5.56 Å². The first kappa shape index (κ1) is 15.3. The Labute approximate surface area is 128 Å². The number of aliphatic hydroxyl groups excluding tert-OH is 1. The number of H-pyrrole nitrogens is 1. The molecule has 3 heterocycles. The lowest BCUT2D eigenvalue weighted by atomic mass is 9.89. The maximum Gasteiger partial charge on any atom is 0.292 e. The molecule has 2 atom stereocenters. The fraction of sp³-hybridized carbons (Fsp3) is 0.733. The SMILES string of the molecule is O=C(c1cc(=O)[nH]o1)N1C[C@@H](CN2CCCC2)C[C@H](CO)C1. The van der Waals surface area contributed by atoms with Crippen LogP contribution in [0.25, 0.3) is 0 Å². The monoisotopic (exact) mass is 309 g/mol. The molecule has 0 saturated carbocycles. The summed E-state index contributed by atoms with van der Waals surface area (Å²) in [6.45, 7) is 4.47. The number of carbonyl (C=O) groups excluding carboxylic acids is 1. The van der Waals surface area contributed by atoms with E-state index >= 15 is 0 Å². The van der Waals surface area contributed by atoms with Crippen molar-refractivity contribution in [2.75, 3.05) is 39.3 Å². The fourth-order valence-electron chi connectivity index (χ4n) is 3.62. The van der Waals surface area contributed by atoms with E-state index in [1.165, 1.54) is 18.9 Å². The van der Waals surface area contributed by atoms with Crippen molar-refractivity contribution in [2.45, 2.75) is 19.3 Å². The molecular weight excluding hydrogens is 286 g/mol. The highest BCUT2D eigenvalue weighted by Crippen LogP contribution is 2.25. The smallest absolute Gasteiger partial charge is 0.292 e. The number of nitrogens with zero attached hydrogens (tertiary/aromatic N) is 2. The Morgan fingerprint density at radius 2 is 2.05 bits per heavy atom. The van der Waals surface area contributed by atoms with E-state index in [0.717, 1.165) is 26.1 Å². The summed E-state index contributed by atoms with van der Waals surface area (Å²) < 4.78 is 4.92. The number of aromatic nitrogens is 1. The molecule has 2 aliphatic rings. The van der Waals surface area contributed by atoms with E-state index in [-0.39, 0.29) is 24.2 Å². The van der Waals surface area contributed by atoms with Gasteiger partial charge in [0, 0.05) is 26.2 Å². The molecular formula is C15H23N3O4. The van der Waals surface area contributed by atoms with Crippen molar-refractivity contribution < 1.29 is 14.4 Å². The first-order valence-electron chi connectivity index (χ1n) is 7.96. The summed E-state index contributed by atoms with van der Waals surface area (Å²) in [6.07, 6.45) is 3.43. The summed E-state index contributed by atoms with van der Waals surface area (Å²) in [6, 6.07) is 1.18. The molecule has 0 radical (unpaired) electrons. The van der Waals surface area contributed by atoms with Gasteiger partial charge < -0.3 is 19.4 Å². The van der Waals surface area contributed by atoms with Gasteiger partial charge in [0.25, 0.3) is 11.5 Å². The van der Waals surface area contributed by atoms with Crippen molar-refractivity contribution >= 4 is 5.91 Å². The van der Waals surface area contributed by atoms with Crippen LogP contribution in [0.5, 0.6) is 0 Å². The summed E-state index contributed by atoms with van der Waals surface area (Å²) in [7, 11) is 0. The van der Waals surface area contributed by atoms with E-state index in [4.69, 9.17) is 4.52 Å². The predicted molar refractivity (Wildman–Crippen MR) is 79.6 cm³/mol. The van der Waals surface area contributed by atoms with Gasteiger partial charge in [-0.1, -0.05) is 0 Å². The van der Waals surface area contributed by atoms with Crippen LogP contribution in [0.15, 0.2) is 15.4 Å². The van der Waals surface area contributed by atoms with E-state index in [9.17, 15) is 14.7 Å². The second-order valence-electron chi connectivity index (χ2n) is 6.45. The third-order valence-electron chi connectivity index (χ3n) is 4.62. The summed E-state index contributed by atoms with van der Waals surface area (Å²) in [4.78, 5) is 27.7. The molecule has 7 heteroatoms. The standard InChI is InChI=1S/C15H23N3O4/c19-10-12-5-11(7-17-3-1-2-4-17)8-18(9-12)15(21)13-6-14(20)16-22-13/h6,11-12,19H,1-5,7-10H2,(H,16,20)/t11-,12+/m1/s1. The zero-order chi connectivity index (χ0) is 15.5. The topological polar surface area (TPSA) is 89.8 Å². The second kappa shape index (κ2) is 6.66. The van der Waals surface area contributed by atoms with Gasteiger partial charge in [0.15, 0.2) is 0 Å². The Hall–Kier alpha value is -1.60. The normalized spacial score (nSPS) is 26.5. The average molecular weight is 309 g/mol. The van der Waals surface area contributed by atoms with E-state index in [2.05, 4.69) is 10.1 Å². The summed E-state index contributed by atoms with van der Waals surface area (Å²) >= 11 is 0. The minimum Gasteiger partial charge on any atom is -0.396 e. The minimum absolute atomic E-state index is 0.0449. The van der Waals surface area contributed by atoms with Crippen LogP contribution in [0.3, 0.4) is 0 Å². The van der Waals surface area contributed by atoms with Gasteiger partial charge in [0.2, 0.25) is 5.76 Å². The molecule has 0 spiro atoms. The lowest BCUT2D eigenvalue weighted by molar-refractivity contribution is 0.0431. The van der Waals surface area contributed by atoms with Crippen LogP contribution in [-0.4, -0.2) is 65.3 Å². The average Bonchev–Trinajstić information content (AvgIpc) is 3.17. The molecule has 0 bridgehead atoms. The number of aromatic amines is 1. The van der Waals surface area contributed by atoms with Gasteiger partial charge in [0.05, 0.1) is 6.07 Å². The van der Waals surface area contributed by atoms with Crippen molar-refractivity contribution in [1.82, 2.24) is 15.0 Å². The Bertz CT molecular complexity index is 561. The number of nitrogens with one attached hydrogen (secondary N) is 1. The third kappa shape index (κ3) is 3.41. The zero-order valence-corrected chi connectivity index (χ0v) is 12.7. The molecule has 1 amide bonds. The molecule has 7 nitrogen and oxygen atoms in total. The Morgan fingerprint density at radius 3 is 2.68 bits per heavy atom. The molecule has 1 aromatic rings. The first-order valence-corrected chi connectivity index (χ1v) is 7.96. The molecule has 0 aromatic carbocycles. The maximum absolute atomic E-state index is 12.4. The largest absolute Gasteiger partial charge is 0.396 e. The predicted octanol–water partition coefficient (Wildman–Crippen LogP) is 0.134. The molecule has 22 heavy (non-hydrogen) atoms. The number of amides is 1. The molecule has 122 valence electrons. The van der Waals surface area contributed by atoms with Crippen molar-refractivity contribution in [3.05, 3.63) is 22.2 Å². The number of likely N-dealkylation sites (tertiary alicyclic amines) is 2. The van der Waals surface area contributed by atoms with E-state index < -0.39 is 5.56 Å². The van der Waals surface area contributed by atoms with Crippen molar-refractivity contribution in [3.63, 3.8) is 0 Å². The van der Waals surface area contributed by atoms with Gasteiger partial charge >= 0.3 is 0 Å². The zero-order valence-electron chi connectivity index (χ0n) is 12.7. The van der Waals surface area contributed by atoms with Gasteiger partial charge in [-0.2, -0.15) is 5.16 Å². The van der Waals surface area contributed by atoms with Crippen LogP contribution in [-0.2, 0) is 0 Å². The molecule has 2 N–H and O–H groups in total. The summed E-state index contributed by atoms with van der Waals surface area (Å²) in [5.41, 5.74) is -0.410. The van der Waals surface area contributed by atoms with Crippen molar-refractivity contribution in [3.8, 4) is 0 Å². The van der Waals surface area contributed by atoms with E-state index in [0.29, 0.717) is 19.0 Å². The summed E-state index contributed by atoms with van der Waals surface area (Å²) in [5.74, 6) is 0.223. The molecule has 3 rings (SSSR count). The van der Waals surface area contributed by atoms with E-state index in [1.54, 1.807) is 4.90 Å². The van der Waals surface area contributed by atoms with E-state index in [1.807, 2.05) is 0 Å². The highest BCUT2D eigenvalue weighted by molar-refractivity contribution is 5.91. The number of hydrogen-bond donors (Lipinski definition) is 2. The van der Waals surface area contributed by atoms with Crippen LogP contribution in [0.1, 0.15) is 29.8 Å². The van der Waals surface area contributed by atoms with Crippen LogP contribution in [0.2, 0.25) is 0 Å². The number of aliphatic hydroxyl groups is 1. The molecule has 0 unspecified atom stereocenters. The highest BCUT2D eigenvalue weighted by atomic mass is 16.5. The quantitative estimate of drug-likeness (QED) is 0.825. The van der Waals surface area contributed by atoms with Gasteiger partial charge in [-0.25, -0.2) is 0 Å².